The average Bonchev–Trinajstić information content (AvgIpc) is 2.91. The molecule has 0 radical (unpaired) electrons. The minimum atomic E-state index is -0.233. The predicted molar refractivity (Wildman–Crippen MR) is 81.9 cm³/mol. The fraction of sp³-hybridized carbons (Fsp3) is 0.400. The van der Waals surface area contributed by atoms with Crippen LogP contribution in [0, 0.1) is 5.41 Å². The number of carbonyl (C=O) groups excluding carboxylic acids is 1. The lowest BCUT2D eigenvalue weighted by Crippen LogP contribution is -2.47. The first kappa shape index (κ1) is 15.0. The van der Waals surface area contributed by atoms with Crippen molar-refractivity contribution in [3.05, 3.63) is 43.2 Å². The molecule has 0 aliphatic rings. The molecule has 0 aliphatic heterocycles. The first-order chi connectivity index (χ1) is 9.95. The third-order valence-corrected chi connectivity index (χ3v) is 3.22. The predicted octanol–water partition coefficient (Wildman–Crippen LogP) is 2.51. The Kier molecular flexibility index (Phi) is 4.57. The first-order valence-corrected chi connectivity index (χ1v) is 6.88. The van der Waals surface area contributed by atoms with Crippen LogP contribution < -0.4 is 10.6 Å². The van der Waals surface area contributed by atoms with E-state index in [-0.39, 0.29) is 17.5 Å². The van der Waals surface area contributed by atoms with Crippen LogP contribution in [-0.4, -0.2) is 26.6 Å². The summed E-state index contributed by atoms with van der Waals surface area (Å²) in [5, 5.41) is 5.80. The highest BCUT2D eigenvalue weighted by Gasteiger charge is 2.26. The maximum absolute atomic E-state index is 12.1. The zero-order chi connectivity index (χ0) is 15.3. The molecule has 2 N–H and O–H groups in total. The summed E-state index contributed by atoms with van der Waals surface area (Å²) in [5.74, 6) is 0. The molecule has 0 spiro atoms. The Morgan fingerprint density at radius 3 is 2.71 bits per heavy atom. The van der Waals surface area contributed by atoms with Crippen molar-refractivity contribution >= 4 is 11.7 Å². The molecule has 0 fully saturated rings. The van der Waals surface area contributed by atoms with Gasteiger partial charge in [-0.1, -0.05) is 20.8 Å². The second kappa shape index (κ2) is 6.39. The van der Waals surface area contributed by atoms with Gasteiger partial charge in [0.2, 0.25) is 0 Å². The topological polar surface area (TPSA) is 71.8 Å². The van der Waals surface area contributed by atoms with Crippen LogP contribution in [0.4, 0.5) is 10.5 Å². The first-order valence-electron chi connectivity index (χ1n) is 6.88. The molecule has 112 valence electrons. The van der Waals surface area contributed by atoms with Gasteiger partial charge in [0.25, 0.3) is 0 Å². The molecule has 1 atom stereocenters. The number of anilines is 1. The quantitative estimate of drug-likeness (QED) is 0.907. The van der Waals surface area contributed by atoms with E-state index in [0.717, 1.165) is 0 Å². The Morgan fingerprint density at radius 2 is 2.14 bits per heavy atom. The molecule has 0 saturated heterocycles. The smallest absolute Gasteiger partial charge is 0.319 e. The van der Waals surface area contributed by atoms with Gasteiger partial charge in [0.15, 0.2) is 0 Å². The summed E-state index contributed by atoms with van der Waals surface area (Å²) in [7, 11) is 0. The van der Waals surface area contributed by atoms with Crippen molar-refractivity contribution in [1.29, 1.82) is 0 Å². The maximum atomic E-state index is 12.1. The standard InChI is InChI=1S/C15H21N5O/c1-15(2,3)13(10-20-8-7-17-11-20)19-14(21)18-12-5-4-6-16-9-12/h4-9,11,13H,10H2,1-3H3,(H2,18,19,21)/t13-/m1/s1. The molecule has 0 saturated carbocycles. The number of hydrogen-bond donors (Lipinski definition) is 2. The molecule has 2 heterocycles. The van der Waals surface area contributed by atoms with Crippen molar-refractivity contribution in [2.24, 2.45) is 5.41 Å². The van der Waals surface area contributed by atoms with E-state index in [1.165, 1.54) is 0 Å². The normalized spacial score (nSPS) is 12.7. The number of urea groups is 1. The Hall–Kier alpha value is -2.37. The van der Waals surface area contributed by atoms with Gasteiger partial charge in [-0.05, 0) is 17.5 Å². The van der Waals surface area contributed by atoms with Crippen LogP contribution in [-0.2, 0) is 6.54 Å². The molecule has 0 aromatic carbocycles. The number of pyridine rings is 1. The van der Waals surface area contributed by atoms with E-state index in [0.29, 0.717) is 12.2 Å². The van der Waals surface area contributed by atoms with E-state index in [4.69, 9.17) is 0 Å². The van der Waals surface area contributed by atoms with Gasteiger partial charge in [-0.2, -0.15) is 0 Å². The number of nitrogens with zero attached hydrogens (tertiary/aromatic N) is 3. The molecule has 2 amide bonds. The van der Waals surface area contributed by atoms with Crippen molar-refractivity contribution in [3.8, 4) is 0 Å². The second-order valence-corrected chi connectivity index (χ2v) is 6.02. The van der Waals surface area contributed by atoms with Crippen LogP contribution >= 0.6 is 0 Å². The molecule has 2 aromatic heterocycles. The van der Waals surface area contributed by atoms with Gasteiger partial charge in [0.05, 0.1) is 24.3 Å². The number of nitrogens with one attached hydrogen (secondary N) is 2. The summed E-state index contributed by atoms with van der Waals surface area (Å²) in [6, 6.07) is 3.32. The summed E-state index contributed by atoms with van der Waals surface area (Å²) in [6.45, 7) is 6.96. The third-order valence-electron chi connectivity index (χ3n) is 3.22. The molecule has 6 nitrogen and oxygen atoms in total. The monoisotopic (exact) mass is 287 g/mol. The molecule has 0 bridgehead atoms. The number of aromatic nitrogens is 3. The second-order valence-electron chi connectivity index (χ2n) is 6.02. The van der Waals surface area contributed by atoms with Crippen molar-refractivity contribution in [2.45, 2.75) is 33.4 Å². The van der Waals surface area contributed by atoms with Gasteiger partial charge < -0.3 is 15.2 Å². The van der Waals surface area contributed by atoms with E-state index in [1.54, 1.807) is 37.1 Å². The van der Waals surface area contributed by atoms with E-state index in [2.05, 4.69) is 41.4 Å². The molecular formula is C15H21N5O. The number of hydrogen-bond acceptors (Lipinski definition) is 3. The van der Waals surface area contributed by atoms with Crippen LogP contribution in [0.25, 0.3) is 0 Å². The lowest BCUT2D eigenvalue weighted by atomic mass is 9.86. The number of imidazole rings is 1. The zero-order valence-corrected chi connectivity index (χ0v) is 12.6. The van der Waals surface area contributed by atoms with Gasteiger partial charge in [0, 0.05) is 25.1 Å². The Balaban J connectivity index is 2.00. The largest absolute Gasteiger partial charge is 0.335 e. The van der Waals surface area contributed by atoms with Crippen molar-refractivity contribution in [1.82, 2.24) is 19.9 Å². The summed E-state index contributed by atoms with van der Waals surface area (Å²) in [6.07, 6.45) is 8.65. The lowest BCUT2D eigenvalue weighted by Gasteiger charge is -2.31. The fourth-order valence-corrected chi connectivity index (χ4v) is 1.90. The minimum absolute atomic E-state index is 0.0247. The van der Waals surface area contributed by atoms with Crippen molar-refractivity contribution in [3.63, 3.8) is 0 Å². The zero-order valence-electron chi connectivity index (χ0n) is 12.6. The molecule has 2 aromatic rings. The van der Waals surface area contributed by atoms with Gasteiger partial charge in [-0.25, -0.2) is 9.78 Å². The van der Waals surface area contributed by atoms with E-state index >= 15 is 0 Å². The highest BCUT2D eigenvalue weighted by molar-refractivity contribution is 5.89. The fourth-order valence-electron chi connectivity index (χ4n) is 1.90. The van der Waals surface area contributed by atoms with Crippen LogP contribution in [0.15, 0.2) is 43.2 Å². The third kappa shape index (κ3) is 4.59. The van der Waals surface area contributed by atoms with E-state index in [9.17, 15) is 4.79 Å². The molecule has 6 heteroatoms. The van der Waals surface area contributed by atoms with Crippen LogP contribution in [0.3, 0.4) is 0 Å². The van der Waals surface area contributed by atoms with Crippen molar-refractivity contribution in [2.75, 3.05) is 5.32 Å². The highest BCUT2D eigenvalue weighted by Crippen LogP contribution is 2.21. The van der Waals surface area contributed by atoms with Gasteiger partial charge in [-0.3, -0.25) is 4.98 Å². The molecular weight excluding hydrogens is 266 g/mol. The van der Waals surface area contributed by atoms with E-state index < -0.39 is 0 Å². The maximum Gasteiger partial charge on any atom is 0.319 e. The summed E-state index contributed by atoms with van der Waals surface area (Å²) in [4.78, 5) is 20.1. The minimum Gasteiger partial charge on any atom is -0.335 e. The van der Waals surface area contributed by atoms with Gasteiger partial charge in [-0.15, -0.1) is 0 Å². The number of amides is 2. The van der Waals surface area contributed by atoms with Crippen LogP contribution in [0.5, 0.6) is 0 Å². The van der Waals surface area contributed by atoms with Crippen LogP contribution in [0.1, 0.15) is 20.8 Å². The summed E-state index contributed by atoms with van der Waals surface area (Å²) < 4.78 is 1.96. The van der Waals surface area contributed by atoms with Crippen LogP contribution in [0.2, 0.25) is 0 Å². The summed E-state index contributed by atoms with van der Waals surface area (Å²) >= 11 is 0. The Morgan fingerprint density at radius 1 is 1.33 bits per heavy atom. The SMILES string of the molecule is CC(C)(C)[C@@H](Cn1ccnc1)NC(=O)Nc1cccnc1. The Labute approximate surface area is 124 Å². The lowest BCUT2D eigenvalue weighted by molar-refractivity contribution is 0.218. The highest BCUT2D eigenvalue weighted by atomic mass is 16.2. The molecule has 2 rings (SSSR count). The summed E-state index contributed by atoms with van der Waals surface area (Å²) in [5.41, 5.74) is 0.599. The Bertz CT molecular complexity index is 560. The number of rotatable bonds is 4. The van der Waals surface area contributed by atoms with Gasteiger partial charge >= 0.3 is 6.03 Å². The van der Waals surface area contributed by atoms with E-state index in [1.807, 2.05) is 10.8 Å². The molecule has 0 unspecified atom stereocenters. The van der Waals surface area contributed by atoms with Gasteiger partial charge in [0.1, 0.15) is 0 Å². The van der Waals surface area contributed by atoms with Crippen molar-refractivity contribution < 1.29 is 4.79 Å². The number of carbonyl (C=O) groups is 1. The molecule has 0 aliphatic carbocycles. The average molecular weight is 287 g/mol. The molecule has 21 heavy (non-hydrogen) atoms.